The van der Waals surface area contributed by atoms with Gasteiger partial charge < -0.3 is 5.11 Å². The van der Waals surface area contributed by atoms with E-state index in [1.165, 1.54) is 6.08 Å². The molecular weight excluding hydrogens is 316 g/mol. The lowest BCUT2D eigenvalue weighted by molar-refractivity contribution is -0.147. The molecule has 4 heteroatoms. The average molecular weight is 344 g/mol. The van der Waals surface area contributed by atoms with Crippen molar-refractivity contribution in [3.63, 3.8) is 0 Å². The normalized spacial score (nSPS) is 48.7. The summed E-state index contributed by atoms with van der Waals surface area (Å²) in [7, 11) is 0. The quantitative estimate of drug-likeness (QED) is 0.782. The van der Waals surface area contributed by atoms with Crippen molar-refractivity contribution >= 4 is 17.3 Å². The second kappa shape index (κ2) is 5.60. The summed E-state index contributed by atoms with van der Waals surface area (Å²) in [5.41, 5.74) is -0.225. The van der Waals surface area contributed by atoms with Gasteiger partial charge in [0.15, 0.2) is 5.78 Å². The Balaban J connectivity index is 1.67. The van der Waals surface area contributed by atoms with E-state index in [2.05, 4.69) is 13.8 Å². The van der Waals surface area contributed by atoms with Crippen LogP contribution in [0.15, 0.2) is 12.2 Å². The van der Waals surface area contributed by atoms with E-state index in [1.54, 1.807) is 0 Å². The Kier molecular flexibility index (Phi) is 3.84. The Labute approximate surface area is 149 Å². The fourth-order valence-electron chi connectivity index (χ4n) is 7.19. The number of Topliss-reactive ketones (excluding diaryl/α,β-unsaturated/α-hetero) is 2. The van der Waals surface area contributed by atoms with Crippen LogP contribution in [0.5, 0.6) is 0 Å². The van der Waals surface area contributed by atoms with Crippen molar-refractivity contribution in [1.82, 2.24) is 0 Å². The molecule has 3 fully saturated rings. The van der Waals surface area contributed by atoms with E-state index < -0.39 is 0 Å². The molecule has 0 saturated heterocycles. The van der Waals surface area contributed by atoms with Crippen molar-refractivity contribution in [2.24, 2.45) is 40.4 Å². The molecule has 25 heavy (non-hydrogen) atoms. The van der Waals surface area contributed by atoms with E-state index in [1.807, 2.05) is 6.08 Å². The molecule has 0 bridgehead atoms. The van der Waals surface area contributed by atoms with Gasteiger partial charge in [-0.3, -0.25) is 14.4 Å². The topological polar surface area (TPSA) is 71.4 Å². The van der Waals surface area contributed by atoms with Crippen molar-refractivity contribution in [2.75, 3.05) is 6.61 Å². The van der Waals surface area contributed by atoms with Gasteiger partial charge in [-0.05, 0) is 73.2 Å². The third-order valence-electron chi connectivity index (χ3n) is 8.47. The summed E-state index contributed by atoms with van der Waals surface area (Å²) in [6.07, 6.45) is 9.21. The van der Waals surface area contributed by atoms with E-state index >= 15 is 0 Å². The Morgan fingerprint density at radius 1 is 1.12 bits per heavy atom. The van der Waals surface area contributed by atoms with Crippen molar-refractivity contribution in [1.29, 1.82) is 0 Å². The number of fused-ring (bicyclic) bond motifs is 5. The van der Waals surface area contributed by atoms with Gasteiger partial charge in [0.1, 0.15) is 6.61 Å². The maximum Gasteiger partial charge on any atom is 0.221 e. The Bertz CT molecular complexity index is 665. The second-order valence-electron chi connectivity index (χ2n) is 9.23. The van der Waals surface area contributed by atoms with Crippen LogP contribution >= 0.6 is 0 Å². The molecule has 0 spiro atoms. The highest BCUT2D eigenvalue weighted by atomic mass is 16.3. The van der Waals surface area contributed by atoms with Gasteiger partial charge in [-0.15, -0.1) is 0 Å². The molecule has 4 aliphatic rings. The number of rotatable bonds is 2. The van der Waals surface area contributed by atoms with Gasteiger partial charge >= 0.3 is 0 Å². The SMILES string of the molecule is C[C@]12CC[C@H]3[C@@H](CCC4C(=O)C(=O)C=C[C@@]43C)[C@@H]1CC[C@@H]2C(=O)CO. The van der Waals surface area contributed by atoms with E-state index in [-0.39, 0.29) is 46.6 Å². The molecule has 0 radical (unpaired) electrons. The molecule has 4 aliphatic carbocycles. The molecule has 4 rings (SSSR count). The number of hydrogen-bond acceptors (Lipinski definition) is 4. The van der Waals surface area contributed by atoms with Gasteiger partial charge in [0.2, 0.25) is 11.6 Å². The predicted molar refractivity (Wildman–Crippen MR) is 92.6 cm³/mol. The van der Waals surface area contributed by atoms with Gasteiger partial charge in [0.25, 0.3) is 0 Å². The Morgan fingerprint density at radius 3 is 2.60 bits per heavy atom. The zero-order valence-corrected chi connectivity index (χ0v) is 15.2. The highest BCUT2D eigenvalue weighted by molar-refractivity contribution is 6.43. The summed E-state index contributed by atoms with van der Waals surface area (Å²) in [6, 6.07) is 0. The maximum absolute atomic E-state index is 12.4. The first-order valence-corrected chi connectivity index (χ1v) is 9.74. The van der Waals surface area contributed by atoms with Crippen molar-refractivity contribution in [3.05, 3.63) is 12.2 Å². The molecule has 0 aromatic rings. The number of carbonyl (C=O) groups is 3. The van der Waals surface area contributed by atoms with Crippen LogP contribution in [0.3, 0.4) is 0 Å². The second-order valence-corrected chi connectivity index (χ2v) is 9.23. The Hall–Kier alpha value is -1.29. The van der Waals surface area contributed by atoms with Gasteiger partial charge in [0, 0.05) is 11.8 Å². The van der Waals surface area contributed by atoms with Crippen molar-refractivity contribution in [3.8, 4) is 0 Å². The van der Waals surface area contributed by atoms with Crippen LogP contribution in [0.4, 0.5) is 0 Å². The zero-order chi connectivity index (χ0) is 18.0. The molecule has 0 aromatic heterocycles. The first-order chi connectivity index (χ1) is 11.8. The summed E-state index contributed by atoms with van der Waals surface area (Å²) >= 11 is 0. The summed E-state index contributed by atoms with van der Waals surface area (Å²) < 4.78 is 0. The van der Waals surface area contributed by atoms with Gasteiger partial charge in [-0.25, -0.2) is 0 Å². The molecule has 0 heterocycles. The van der Waals surface area contributed by atoms with Crippen LogP contribution in [-0.4, -0.2) is 29.1 Å². The third kappa shape index (κ3) is 2.19. The fraction of sp³-hybridized carbons (Fsp3) is 0.762. The molecule has 4 nitrogen and oxygen atoms in total. The minimum absolute atomic E-state index is 0.00156. The van der Waals surface area contributed by atoms with Gasteiger partial charge in [-0.2, -0.15) is 0 Å². The minimum atomic E-state index is -0.347. The minimum Gasteiger partial charge on any atom is -0.389 e. The van der Waals surface area contributed by atoms with E-state index in [9.17, 15) is 19.5 Å². The number of aliphatic hydroxyl groups is 1. The molecule has 0 amide bonds. The van der Waals surface area contributed by atoms with E-state index in [4.69, 9.17) is 0 Å². The predicted octanol–water partition coefficient (Wildman–Crippen LogP) is 2.73. The smallest absolute Gasteiger partial charge is 0.221 e. The lowest BCUT2D eigenvalue weighted by Gasteiger charge is -2.58. The summed E-state index contributed by atoms with van der Waals surface area (Å²) in [4.78, 5) is 36.5. The molecule has 0 aliphatic heterocycles. The molecule has 136 valence electrons. The number of carbonyl (C=O) groups excluding carboxylic acids is 3. The number of aliphatic hydroxyl groups excluding tert-OH is 1. The van der Waals surface area contributed by atoms with E-state index in [0.29, 0.717) is 17.8 Å². The van der Waals surface area contributed by atoms with Crippen LogP contribution in [-0.2, 0) is 14.4 Å². The molecule has 1 N–H and O–H groups in total. The first kappa shape index (κ1) is 17.1. The van der Waals surface area contributed by atoms with Crippen LogP contribution < -0.4 is 0 Å². The molecule has 0 aromatic carbocycles. The van der Waals surface area contributed by atoms with Gasteiger partial charge in [-0.1, -0.05) is 19.9 Å². The Morgan fingerprint density at radius 2 is 1.88 bits per heavy atom. The van der Waals surface area contributed by atoms with Crippen molar-refractivity contribution < 1.29 is 19.5 Å². The molecule has 7 atom stereocenters. The highest BCUT2D eigenvalue weighted by Gasteiger charge is 2.61. The highest BCUT2D eigenvalue weighted by Crippen LogP contribution is 2.66. The molecule has 3 saturated carbocycles. The zero-order valence-electron chi connectivity index (χ0n) is 15.2. The lowest BCUT2D eigenvalue weighted by Crippen LogP contribution is -2.55. The largest absolute Gasteiger partial charge is 0.389 e. The lowest BCUT2D eigenvalue weighted by atomic mass is 9.45. The standard InChI is InChI=1S/C21H28O4/c1-20-9-7-14-12(13(20)5-6-15(20)18(24)11-22)3-4-16-19(25)17(23)8-10-21(14,16)2/h8,10,12-16,22H,3-7,9,11H2,1-2H3/t12-,13-,14-,15+,16?,20-,21+/m0/s1. The van der Waals surface area contributed by atoms with Crippen LogP contribution in [0, 0.1) is 40.4 Å². The summed E-state index contributed by atoms with van der Waals surface area (Å²) in [5.74, 6) is 0.716. The van der Waals surface area contributed by atoms with Crippen molar-refractivity contribution in [2.45, 2.75) is 52.4 Å². The van der Waals surface area contributed by atoms with E-state index in [0.717, 1.165) is 38.5 Å². The first-order valence-electron chi connectivity index (χ1n) is 9.74. The third-order valence-corrected chi connectivity index (χ3v) is 8.47. The number of hydrogen-bond donors (Lipinski definition) is 1. The number of ketones is 3. The molecule has 1 unspecified atom stereocenters. The van der Waals surface area contributed by atoms with Crippen LogP contribution in [0.25, 0.3) is 0 Å². The average Bonchev–Trinajstić information content (AvgIpc) is 2.95. The monoisotopic (exact) mass is 344 g/mol. The van der Waals surface area contributed by atoms with Crippen LogP contribution in [0.2, 0.25) is 0 Å². The fourth-order valence-corrected chi connectivity index (χ4v) is 7.19. The van der Waals surface area contributed by atoms with Gasteiger partial charge in [0.05, 0.1) is 0 Å². The maximum atomic E-state index is 12.4. The summed E-state index contributed by atoms with van der Waals surface area (Å²) in [6.45, 7) is 4.07. The number of allylic oxidation sites excluding steroid dienone is 2. The summed E-state index contributed by atoms with van der Waals surface area (Å²) in [5, 5.41) is 9.35. The van der Waals surface area contributed by atoms with Crippen LogP contribution in [0.1, 0.15) is 52.4 Å². The molecular formula is C21H28O4.